The molecule has 0 saturated heterocycles. The lowest BCUT2D eigenvalue weighted by molar-refractivity contribution is -0.118. The fourth-order valence-electron chi connectivity index (χ4n) is 2.29. The molecule has 1 heterocycles. The van der Waals surface area contributed by atoms with Gasteiger partial charge in [0.2, 0.25) is 5.91 Å². The minimum atomic E-state index is -0.130. The Balaban J connectivity index is 1.79. The summed E-state index contributed by atoms with van der Waals surface area (Å²) in [6.45, 7) is 6.05. The molecule has 122 valence electrons. The zero-order valence-electron chi connectivity index (χ0n) is 13.7. The molecule has 1 aromatic heterocycles. The van der Waals surface area contributed by atoms with Gasteiger partial charge in [-0.1, -0.05) is 29.8 Å². The first-order chi connectivity index (χ1) is 11.0. The summed E-state index contributed by atoms with van der Waals surface area (Å²) in [4.78, 5) is 26.6. The molecule has 0 radical (unpaired) electrons. The summed E-state index contributed by atoms with van der Waals surface area (Å²) in [6, 6.07) is 10.2. The second kappa shape index (κ2) is 8.02. The largest absolute Gasteiger partial charge is 0.351 e. The van der Waals surface area contributed by atoms with E-state index in [0.717, 1.165) is 17.0 Å². The van der Waals surface area contributed by atoms with E-state index in [0.29, 0.717) is 11.3 Å². The van der Waals surface area contributed by atoms with Gasteiger partial charge in [-0.05, 0) is 38.0 Å². The molecular weight excluding hydrogens is 308 g/mol. The van der Waals surface area contributed by atoms with Crippen molar-refractivity contribution in [2.75, 3.05) is 5.75 Å². The van der Waals surface area contributed by atoms with Crippen LogP contribution in [0.2, 0.25) is 0 Å². The van der Waals surface area contributed by atoms with Crippen LogP contribution in [0, 0.1) is 20.8 Å². The molecule has 0 unspecified atom stereocenters. The van der Waals surface area contributed by atoms with Crippen molar-refractivity contribution in [3.05, 3.63) is 68.6 Å². The summed E-state index contributed by atoms with van der Waals surface area (Å²) >= 11 is 1.57. The predicted molar refractivity (Wildman–Crippen MR) is 95.7 cm³/mol. The summed E-state index contributed by atoms with van der Waals surface area (Å²) < 4.78 is 0. The Morgan fingerprint density at radius 3 is 2.52 bits per heavy atom. The van der Waals surface area contributed by atoms with Crippen LogP contribution < -0.4 is 10.9 Å². The van der Waals surface area contributed by atoms with E-state index in [4.69, 9.17) is 0 Å². The van der Waals surface area contributed by atoms with Gasteiger partial charge < -0.3 is 10.3 Å². The van der Waals surface area contributed by atoms with Crippen LogP contribution in [-0.2, 0) is 17.1 Å². The highest BCUT2D eigenvalue weighted by Crippen LogP contribution is 2.12. The monoisotopic (exact) mass is 330 g/mol. The van der Waals surface area contributed by atoms with E-state index in [-0.39, 0.29) is 18.0 Å². The molecule has 0 aliphatic heterocycles. The second-order valence-corrected chi connectivity index (χ2v) is 6.68. The smallest absolute Gasteiger partial charge is 0.253 e. The molecule has 0 atom stereocenters. The molecule has 23 heavy (non-hydrogen) atoms. The van der Waals surface area contributed by atoms with Crippen molar-refractivity contribution >= 4 is 17.7 Å². The SMILES string of the molecule is Cc1ccc(CSCC(=O)NCc2c(C)cc(C)[nH]c2=O)cc1. The maximum atomic E-state index is 11.9. The lowest BCUT2D eigenvalue weighted by Gasteiger charge is -2.08. The number of carbonyl (C=O) groups is 1. The standard InChI is InChI=1S/C18H22N2O2S/c1-12-4-6-15(7-5-12)10-23-11-17(21)19-9-16-13(2)8-14(3)20-18(16)22/h4-8H,9-11H2,1-3H3,(H,19,21)(H,20,22). The fraction of sp³-hybridized carbons (Fsp3) is 0.333. The van der Waals surface area contributed by atoms with Gasteiger partial charge in [-0.3, -0.25) is 9.59 Å². The van der Waals surface area contributed by atoms with Gasteiger partial charge in [-0.15, -0.1) is 11.8 Å². The number of benzene rings is 1. The van der Waals surface area contributed by atoms with Gasteiger partial charge in [-0.2, -0.15) is 0 Å². The minimum Gasteiger partial charge on any atom is -0.351 e. The molecule has 0 spiro atoms. The average molecular weight is 330 g/mol. The second-order valence-electron chi connectivity index (χ2n) is 5.70. The van der Waals surface area contributed by atoms with E-state index in [1.165, 1.54) is 11.1 Å². The Morgan fingerprint density at radius 1 is 1.17 bits per heavy atom. The highest BCUT2D eigenvalue weighted by Gasteiger charge is 2.07. The van der Waals surface area contributed by atoms with E-state index < -0.39 is 0 Å². The molecule has 0 bridgehead atoms. The highest BCUT2D eigenvalue weighted by molar-refractivity contribution is 7.99. The van der Waals surface area contributed by atoms with Gasteiger partial charge in [0.25, 0.3) is 5.56 Å². The van der Waals surface area contributed by atoms with Gasteiger partial charge in [0.05, 0.1) is 5.75 Å². The first-order valence-electron chi connectivity index (χ1n) is 7.55. The van der Waals surface area contributed by atoms with Crippen LogP contribution in [0.3, 0.4) is 0 Å². The Labute approximate surface area is 140 Å². The van der Waals surface area contributed by atoms with Crippen LogP contribution in [0.25, 0.3) is 0 Å². The maximum Gasteiger partial charge on any atom is 0.253 e. The number of aryl methyl sites for hydroxylation is 3. The molecule has 5 heteroatoms. The quantitative estimate of drug-likeness (QED) is 0.856. The van der Waals surface area contributed by atoms with Crippen LogP contribution >= 0.6 is 11.8 Å². The zero-order chi connectivity index (χ0) is 16.8. The zero-order valence-corrected chi connectivity index (χ0v) is 14.5. The summed E-state index contributed by atoms with van der Waals surface area (Å²) in [5.41, 5.74) is 4.66. The number of aromatic amines is 1. The number of rotatable bonds is 6. The Morgan fingerprint density at radius 2 is 1.87 bits per heavy atom. The van der Waals surface area contributed by atoms with Gasteiger partial charge in [0.1, 0.15) is 0 Å². The average Bonchev–Trinajstić information content (AvgIpc) is 2.48. The number of hydrogen-bond donors (Lipinski definition) is 2. The number of H-pyrrole nitrogens is 1. The molecular formula is C18H22N2O2S. The Bertz CT molecular complexity index is 736. The minimum absolute atomic E-state index is 0.0542. The van der Waals surface area contributed by atoms with Gasteiger partial charge in [0, 0.05) is 23.6 Å². The number of hydrogen-bond acceptors (Lipinski definition) is 3. The van der Waals surface area contributed by atoms with E-state index in [1.54, 1.807) is 11.8 Å². The van der Waals surface area contributed by atoms with Crippen LogP contribution in [0.5, 0.6) is 0 Å². The molecule has 2 rings (SSSR count). The van der Waals surface area contributed by atoms with Crippen LogP contribution in [0.15, 0.2) is 35.1 Å². The lowest BCUT2D eigenvalue weighted by Crippen LogP contribution is -2.29. The molecule has 0 saturated carbocycles. The van der Waals surface area contributed by atoms with Crippen LogP contribution in [0.1, 0.15) is 27.9 Å². The number of aromatic nitrogens is 1. The molecule has 0 aliphatic rings. The van der Waals surface area contributed by atoms with Crippen molar-refractivity contribution < 1.29 is 4.79 Å². The van der Waals surface area contributed by atoms with Crippen LogP contribution in [-0.4, -0.2) is 16.6 Å². The number of thioether (sulfide) groups is 1. The number of pyridine rings is 1. The molecule has 2 N–H and O–H groups in total. The number of amides is 1. The van der Waals surface area contributed by atoms with Crippen molar-refractivity contribution in [2.24, 2.45) is 0 Å². The molecule has 4 nitrogen and oxygen atoms in total. The van der Waals surface area contributed by atoms with Crippen LogP contribution in [0.4, 0.5) is 0 Å². The summed E-state index contributed by atoms with van der Waals surface area (Å²) in [5, 5.41) is 2.82. The van der Waals surface area contributed by atoms with Crippen molar-refractivity contribution in [1.29, 1.82) is 0 Å². The Hall–Kier alpha value is -2.01. The van der Waals surface area contributed by atoms with Crippen molar-refractivity contribution in [1.82, 2.24) is 10.3 Å². The predicted octanol–water partition coefficient (Wildman–Crippen LogP) is 2.85. The maximum absolute atomic E-state index is 11.9. The first-order valence-corrected chi connectivity index (χ1v) is 8.70. The topological polar surface area (TPSA) is 62.0 Å². The van der Waals surface area contributed by atoms with E-state index in [2.05, 4.69) is 41.5 Å². The molecule has 0 fully saturated rings. The Kier molecular flexibility index (Phi) is 6.04. The van der Waals surface area contributed by atoms with E-state index >= 15 is 0 Å². The third-order valence-corrected chi connectivity index (χ3v) is 4.58. The third kappa shape index (κ3) is 5.28. The summed E-state index contributed by atoms with van der Waals surface area (Å²) in [6.07, 6.45) is 0. The number of nitrogens with one attached hydrogen (secondary N) is 2. The number of carbonyl (C=O) groups excluding carboxylic acids is 1. The van der Waals surface area contributed by atoms with Gasteiger partial charge >= 0.3 is 0 Å². The highest BCUT2D eigenvalue weighted by atomic mass is 32.2. The van der Waals surface area contributed by atoms with Gasteiger partial charge in [-0.25, -0.2) is 0 Å². The van der Waals surface area contributed by atoms with Gasteiger partial charge in [0.15, 0.2) is 0 Å². The van der Waals surface area contributed by atoms with Crippen molar-refractivity contribution in [2.45, 2.75) is 33.1 Å². The normalized spacial score (nSPS) is 10.6. The third-order valence-electron chi connectivity index (χ3n) is 3.58. The molecule has 0 aliphatic carbocycles. The summed E-state index contributed by atoms with van der Waals surface area (Å²) in [5.74, 6) is 1.13. The molecule has 2 aromatic rings. The first kappa shape index (κ1) is 17.3. The lowest BCUT2D eigenvalue weighted by atomic mass is 10.1. The molecule has 1 amide bonds. The fourth-order valence-corrected chi connectivity index (χ4v) is 3.10. The van der Waals surface area contributed by atoms with Crippen molar-refractivity contribution in [3.63, 3.8) is 0 Å². The summed E-state index contributed by atoms with van der Waals surface area (Å²) in [7, 11) is 0. The van der Waals surface area contributed by atoms with Crippen molar-refractivity contribution in [3.8, 4) is 0 Å². The van der Waals surface area contributed by atoms with E-state index in [1.807, 2.05) is 19.9 Å². The van der Waals surface area contributed by atoms with E-state index in [9.17, 15) is 9.59 Å². The molecule has 1 aromatic carbocycles.